The first-order chi connectivity index (χ1) is 11.7. The summed E-state index contributed by atoms with van der Waals surface area (Å²) in [4.78, 5) is 24.3. The van der Waals surface area contributed by atoms with Crippen molar-refractivity contribution in [2.24, 2.45) is 11.8 Å². The molecule has 0 spiro atoms. The minimum absolute atomic E-state index is 0.124. The predicted octanol–water partition coefficient (Wildman–Crippen LogP) is 2.28. The number of fused-ring (bicyclic) bond motifs is 1. The first-order valence-corrected chi connectivity index (χ1v) is 7.84. The summed E-state index contributed by atoms with van der Waals surface area (Å²) in [6.45, 7) is -1.16. The highest BCUT2D eigenvalue weighted by Crippen LogP contribution is 2.39. The van der Waals surface area contributed by atoms with Crippen LogP contribution in [0.5, 0.6) is 5.75 Å². The number of aromatic hydroxyl groups is 1. The van der Waals surface area contributed by atoms with E-state index in [0.717, 1.165) is 10.5 Å². The molecule has 2 aliphatic rings. The van der Waals surface area contributed by atoms with E-state index in [9.17, 15) is 27.9 Å². The summed E-state index contributed by atoms with van der Waals surface area (Å²) in [5.74, 6) is -5.17. The quantitative estimate of drug-likeness (QED) is 0.757. The van der Waals surface area contributed by atoms with Gasteiger partial charge in [-0.3, -0.25) is 4.79 Å². The number of likely N-dealkylation sites (tertiary alicyclic amines) is 1. The Hall–Kier alpha value is -2.45. The van der Waals surface area contributed by atoms with Crippen molar-refractivity contribution in [1.29, 1.82) is 0 Å². The predicted molar refractivity (Wildman–Crippen MR) is 79.9 cm³/mol. The molecule has 136 valence electrons. The van der Waals surface area contributed by atoms with Crippen molar-refractivity contribution >= 4 is 12.0 Å². The SMILES string of the molecule is O=C(O)[C@@H]1CN(C(=O)NC2CCc3c(O)cccc32)C[C@H]1C(F)(F)F. The number of nitrogens with one attached hydrogen (secondary N) is 1. The van der Waals surface area contributed by atoms with Gasteiger partial charge >= 0.3 is 18.2 Å². The number of benzene rings is 1. The lowest BCUT2D eigenvalue weighted by Crippen LogP contribution is -2.40. The van der Waals surface area contributed by atoms with E-state index >= 15 is 0 Å². The number of nitrogens with zero attached hydrogens (tertiary/aromatic N) is 1. The number of carbonyl (C=O) groups is 2. The van der Waals surface area contributed by atoms with E-state index in [-0.39, 0.29) is 5.75 Å². The van der Waals surface area contributed by atoms with Crippen LogP contribution in [-0.2, 0) is 11.2 Å². The molecule has 0 radical (unpaired) electrons. The number of halogens is 3. The maximum atomic E-state index is 13.0. The molecule has 0 saturated carbocycles. The van der Waals surface area contributed by atoms with Gasteiger partial charge in [0, 0.05) is 13.1 Å². The fraction of sp³-hybridized carbons (Fsp3) is 0.500. The number of urea groups is 1. The zero-order valence-electron chi connectivity index (χ0n) is 13.1. The molecular formula is C16H17F3N2O4. The molecule has 3 atom stereocenters. The first-order valence-electron chi connectivity index (χ1n) is 7.84. The monoisotopic (exact) mass is 358 g/mol. The number of carbonyl (C=O) groups excluding carboxylic acids is 1. The van der Waals surface area contributed by atoms with Gasteiger partial charge in [0.05, 0.1) is 17.9 Å². The number of hydrogen-bond acceptors (Lipinski definition) is 3. The molecule has 2 amide bonds. The maximum Gasteiger partial charge on any atom is 0.394 e. The van der Waals surface area contributed by atoms with Crippen LogP contribution in [0.4, 0.5) is 18.0 Å². The van der Waals surface area contributed by atoms with Crippen molar-refractivity contribution < 1.29 is 33.0 Å². The van der Waals surface area contributed by atoms with Gasteiger partial charge in [-0.2, -0.15) is 13.2 Å². The molecule has 0 aromatic heterocycles. The van der Waals surface area contributed by atoms with Crippen LogP contribution in [0, 0.1) is 11.8 Å². The molecule has 1 aromatic rings. The molecule has 1 saturated heterocycles. The number of carboxylic acids is 1. The van der Waals surface area contributed by atoms with Gasteiger partial charge < -0.3 is 20.4 Å². The van der Waals surface area contributed by atoms with Gasteiger partial charge in [0.25, 0.3) is 0 Å². The Morgan fingerprint density at radius 2 is 1.96 bits per heavy atom. The first kappa shape index (κ1) is 17.4. The van der Waals surface area contributed by atoms with Crippen molar-refractivity contribution in [1.82, 2.24) is 10.2 Å². The van der Waals surface area contributed by atoms with Crippen molar-refractivity contribution in [2.75, 3.05) is 13.1 Å². The van der Waals surface area contributed by atoms with Gasteiger partial charge in [0.1, 0.15) is 5.75 Å². The van der Waals surface area contributed by atoms with Crippen LogP contribution in [0.25, 0.3) is 0 Å². The van der Waals surface area contributed by atoms with Gasteiger partial charge in [-0.05, 0) is 30.0 Å². The smallest absolute Gasteiger partial charge is 0.394 e. The Morgan fingerprint density at radius 1 is 1.24 bits per heavy atom. The number of aliphatic carboxylic acids is 1. The number of alkyl halides is 3. The van der Waals surface area contributed by atoms with E-state index in [2.05, 4.69) is 5.32 Å². The summed E-state index contributed by atoms with van der Waals surface area (Å²) in [5, 5.41) is 21.5. The van der Waals surface area contributed by atoms with Crippen molar-refractivity contribution in [3.05, 3.63) is 29.3 Å². The zero-order valence-corrected chi connectivity index (χ0v) is 13.1. The maximum absolute atomic E-state index is 13.0. The lowest BCUT2D eigenvalue weighted by Gasteiger charge is -2.21. The van der Waals surface area contributed by atoms with E-state index in [1.807, 2.05) is 0 Å². The highest BCUT2D eigenvalue weighted by molar-refractivity contribution is 5.78. The molecule has 1 aliphatic carbocycles. The molecule has 25 heavy (non-hydrogen) atoms. The summed E-state index contributed by atoms with van der Waals surface area (Å²) in [6, 6.07) is 3.78. The van der Waals surface area contributed by atoms with Crippen LogP contribution in [0.1, 0.15) is 23.6 Å². The molecule has 1 aromatic carbocycles. The van der Waals surface area contributed by atoms with Crippen LogP contribution < -0.4 is 5.32 Å². The molecule has 9 heteroatoms. The number of rotatable bonds is 2. The lowest BCUT2D eigenvalue weighted by atomic mass is 9.96. The Labute approximate surface area is 141 Å². The number of phenols is 1. The third kappa shape index (κ3) is 3.22. The van der Waals surface area contributed by atoms with Crippen LogP contribution in [0.2, 0.25) is 0 Å². The summed E-state index contributed by atoms with van der Waals surface area (Å²) < 4.78 is 39.0. The Bertz CT molecular complexity index is 707. The van der Waals surface area contributed by atoms with Gasteiger partial charge in [-0.1, -0.05) is 12.1 Å². The highest BCUT2D eigenvalue weighted by Gasteiger charge is 2.53. The normalized spacial score (nSPS) is 25.7. The van der Waals surface area contributed by atoms with Crippen molar-refractivity contribution in [3.63, 3.8) is 0 Å². The van der Waals surface area contributed by atoms with Crippen LogP contribution in [0.15, 0.2) is 18.2 Å². The van der Waals surface area contributed by atoms with Crippen LogP contribution >= 0.6 is 0 Å². The molecule has 0 bridgehead atoms. The molecule has 1 heterocycles. The summed E-state index contributed by atoms with van der Waals surface area (Å²) >= 11 is 0. The summed E-state index contributed by atoms with van der Waals surface area (Å²) in [7, 11) is 0. The molecule has 6 nitrogen and oxygen atoms in total. The van der Waals surface area contributed by atoms with E-state index < -0.39 is 49.1 Å². The molecule has 1 aliphatic heterocycles. The fourth-order valence-corrected chi connectivity index (χ4v) is 3.58. The fourth-order valence-electron chi connectivity index (χ4n) is 3.58. The minimum atomic E-state index is -4.68. The molecular weight excluding hydrogens is 341 g/mol. The second kappa shape index (κ2) is 6.12. The topological polar surface area (TPSA) is 89.9 Å². The largest absolute Gasteiger partial charge is 0.508 e. The number of amides is 2. The third-order valence-corrected chi connectivity index (χ3v) is 4.89. The standard InChI is InChI=1S/C16H17F3N2O4/c17-16(18,19)11-7-21(6-10(11)14(23)24)15(25)20-12-5-4-9-8(12)2-1-3-13(9)22/h1-3,10-12,22H,4-7H2,(H,20,25)(H,23,24)/t10-,11-,12?/m1/s1. The zero-order chi connectivity index (χ0) is 18.4. The molecule has 1 fully saturated rings. The Balaban J connectivity index is 1.71. The molecule has 1 unspecified atom stereocenters. The number of hydrogen-bond donors (Lipinski definition) is 3. The van der Waals surface area contributed by atoms with Crippen LogP contribution in [-0.4, -0.2) is 46.4 Å². The van der Waals surface area contributed by atoms with Crippen molar-refractivity contribution in [3.8, 4) is 5.75 Å². The number of carboxylic acid groups (broad SMARTS) is 1. The number of phenolic OH excluding ortho intramolecular Hbond substituents is 1. The molecule has 3 N–H and O–H groups in total. The highest BCUT2D eigenvalue weighted by atomic mass is 19.4. The average molecular weight is 358 g/mol. The Kier molecular flexibility index (Phi) is 4.26. The van der Waals surface area contributed by atoms with Gasteiger partial charge in [0.15, 0.2) is 0 Å². The Morgan fingerprint density at radius 3 is 2.56 bits per heavy atom. The van der Waals surface area contributed by atoms with Crippen LogP contribution in [0.3, 0.4) is 0 Å². The van der Waals surface area contributed by atoms with E-state index in [0.29, 0.717) is 18.4 Å². The lowest BCUT2D eigenvalue weighted by molar-refractivity contribution is -0.187. The van der Waals surface area contributed by atoms with Crippen molar-refractivity contribution in [2.45, 2.75) is 25.1 Å². The van der Waals surface area contributed by atoms with Gasteiger partial charge in [0.2, 0.25) is 0 Å². The van der Waals surface area contributed by atoms with E-state index in [1.165, 1.54) is 6.07 Å². The summed E-state index contributed by atoms with van der Waals surface area (Å²) in [6.07, 6.45) is -3.60. The second-order valence-electron chi connectivity index (χ2n) is 6.38. The molecule has 3 rings (SSSR count). The van der Waals surface area contributed by atoms with Gasteiger partial charge in [-0.15, -0.1) is 0 Å². The van der Waals surface area contributed by atoms with E-state index in [1.54, 1.807) is 12.1 Å². The minimum Gasteiger partial charge on any atom is -0.508 e. The summed E-state index contributed by atoms with van der Waals surface area (Å²) in [5.41, 5.74) is 1.44. The average Bonchev–Trinajstić information content (AvgIpc) is 3.12. The second-order valence-corrected chi connectivity index (χ2v) is 6.38. The van der Waals surface area contributed by atoms with Gasteiger partial charge in [-0.25, -0.2) is 4.79 Å². The van der Waals surface area contributed by atoms with E-state index in [4.69, 9.17) is 5.11 Å². The third-order valence-electron chi connectivity index (χ3n) is 4.89.